The molecule has 0 aliphatic carbocycles. The van der Waals surface area contributed by atoms with Crippen molar-refractivity contribution in [1.82, 2.24) is 0 Å². The first-order valence-corrected chi connectivity index (χ1v) is 2.07. The second-order valence-corrected chi connectivity index (χ2v) is 1.21. The maximum Gasteiger partial charge on any atom is 0.188 e. The fourth-order valence-electron chi connectivity index (χ4n) is 0.217. The molecule has 1 atom stereocenters. The molecule has 0 heterocycles. The van der Waals surface area contributed by atoms with Crippen LogP contribution in [-0.4, -0.2) is 16.5 Å². The van der Waals surface area contributed by atoms with Gasteiger partial charge in [0.05, 0.1) is 6.61 Å². The van der Waals surface area contributed by atoms with Gasteiger partial charge in [0.15, 0.2) is 6.29 Å². The zero-order valence-corrected chi connectivity index (χ0v) is 3.87. The Bertz CT molecular complexity index is 35.9. The summed E-state index contributed by atoms with van der Waals surface area (Å²) >= 11 is 0. The molecule has 0 aromatic heterocycles. The molecular formula is C4H8O3. The second kappa shape index (κ2) is 4.05. The first kappa shape index (κ1) is 6.88. The van der Waals surface area contributed by atoms with Crippen LogP contribution in [0.4, 0.5) is 0 Å². The molecule has 3 heteroatoms. The molecule has 0 saturated carbocycles. The Hall–Kier alpha value is -0.120. The first-order valence-electron chi connectivity index (χ1n) is 2.07. The molecule has 0 aromatic carbocycles. The van der Waals surface area contributed by atoms with E-state index in [4.69, 9.17) is 10.2 Å². The van der Waals surface area contributed by atoms with Gasteiger partial charge in [0, 0.05) is 6.42 Å². The van der Waals surface area contributed by atoms with E-state index in [9.17, 15) is 5.11 Å². The Labute approximate surface area is 42.2 Å². The van der Waals surface area contributed by atoms with Gasteiger partial charge >= 0.3 is 0 Å². The van der Waals surface area contributed by atoms with Crippen molar-refractivity contribution in [2.24, 2.45) is 0 Å². The molecular weight excluding hydrogens is 96.0 g/mol. The SMILES string of the molecule is [O]C(O)CC[CH]O. The standard InChI is InChI=1S/C4H8O3/c5-3-1-2-4(6)7/h3-6H,1-2H2. The molecule has 2 radical (unpaired) electrons. The highest BCUT2D eigenvalue weighted by atomic mass is 16.5. The van der Waals surface area contributed by atoms with Gasteiger partial charge < -0.3 is 10.2 Å². The summed E-state index contributed by atoms with van der Waals surface area (Å²) in [6.07, 6.45) is -1.18. The third-order valence-corrected chi connectivity index (χ3v) is 0.543. The molecule has 0 aromatic rings. The van der Waals surface area contributed by atoms with Gasteiger partial charge in [-0.25, -0.2) is 5.11 Å². The Balaban J connectivity index is 2.68. The molecule has 1 unspecified atom stereocenters. The summed E-state index contributed by atoms with van der Waals surface area (Å²) in [7, 11) is 0. The van der Waals surface area contributed by atoms with Gasteiger partial charge in [-0.3, -0.25) is 0 Å². The highest BCUT2D eigenvalue weighted by Gasteiger charge is 1.95. The number of aliphatic hydroxyl groups is 2. The second-order valence-electron chi connectivity index (χ2n) is 1.21. The van der Waals surface area contributed by atoms with Crippen LogP contribution in [0.5, 0.6) is 0 Å². The van der Waals surface area contributed by atoms with Crippen molar-refractivity contribution in [3.8, 4) is 0 Å². The van der Waals surface area contributed by atoms with Gasteiger partial charge in [0.25, 0.3) is 0 Å². The van der Waals surface area contributed by atoms with Crippen LogP contribution in [-0.2, 0) is 5.11 Å². The number of aliphatic hydroxyl groups excluding tert-OH is 2. The van der Waals surface area contributed by atoms with E-state index in [1.807, 2.05) is 0 Å². The molecule has 0 spiro atoms. The Kier molecular flexibility index (Phi) is 3.98. The number of rotatable bonds is 3. The Morgan fingerprint density at radius 1 is 1.71 bits per heavy atom. The summed E-state index contributed by atoms with van der Waals surface area (Å²) in [6, 6.07) is 0. The third kappa shape index (κ3) is 5.88. The summed E-state index contributed by atoms with van der Waals surface area (Å²) < 4.78 is 0. The van der Waals surface area contributed by atoms with E-state index in [1.54, 1.807) is 0 Å². The highest BCUT2D eigenvalue weighted by molar-refractivity contribution is 4.46. The fraction of sp³-hybridized carbons (Fsp3) is 0.750. The minimum atomic E-state index is -1.54. The molecule has 3 nitrogen and oxygen atoms in total. The van der Waals surface area contributed by atoms with Crippen molar-refractivity contribution < 1.29 is 15.3 Å². The lowest BCUT2D eigenvalue weighted by Gasteiger charge is -1.94. The average molecular weight is 104 g/mol. The maximum atomic E-state index is 9.71. The molecule has 0 aliphatic heterocycles. The van der Waals surface area contributed by atoms with E-state index < -0.39 is 6.29 Å². The quantitative estimate of drug-likeness (QED) is 0.497. The fourth-order valence-corrected chi connectivity index (χ4v) is 0.217. The molecule has 2 N–H and O–H groups in total. The number of hydrogen-bond acceptors (Lipinski definition) is 2. The van der Waals surface area contributed by atoms with E-state index in [0.717, 1.165) is 6.61 Å². The minimum absolute atomic E-state index is 0.0938. The Morgan fingerprint density at radius 2 is 2.29 bits per heavy atom. The van der Waals surface area contributed by atoms with Crippen LogP contribution in [0.2, 0.25) is 0 Å². The van der Waals surface area contributed by atoms with Crippen LogP contribution in [0.1, 0.15) is 12.8 Å². The summed E-state index contributed by atoms with van der Waals surface area (Å²) in [4.78, 5) is 0. The van der Waals surface area contributed by atoms with Gasteiger partial charge in [0.1, 0.15) is 0 Å². The smallest absolute Gasteiger partial charge is 0.188 e. The lowest BCUT2D eigenvalue weighted by Crippen LogP contribution is -2.00. The maximum absolute atomic E-state index is 9.71. The zero-order chi connectivity index (χ0) is 5.70. The van der Waals surface area contributed by atoms with Crippen molar-refractivity contribution in [2.75, 3.05) is 0 Å². The molecule has 42 valence electrons. The van der Waals surface area contributed by atoms with Gasteiger partial charge in [0.2, 0.25) is 0 Å². The van der Waals surface area contributed by atoms with Gasteiger partial charge in [-0.2, -0.15) is 0 Å². The van der Waals surface area contributed by atoms with Gasteiger partial charge in [-0.1, -0.05) is 0 Å². The lowest BCUT2D eigenvalue weighted by molar-refractivity contribution is -0.0965. The average Bonchev–Trinajstić information content (AvgIpc) is 1.61. The summed E-state index contributed by atoms with van der Waals surface area (Å²) in [5.41, 5.74) is 0. The van der Waals surface area contributed by atoms with Gasteiger partial charge in [-0.15, -0.1) is 0 Å². The molecule has 0 aliphatic rings. The molecule has 0 amide bonds. The largest absolute Gasteiger partial charge is 0.390 e. The van der Waals surface area contributed by atoms with E-state index >= 15 is 0 Å². The van der Waals surface area contributed by atoms with Crippen LogP contribution in [0.25, 0.3) is 0 Å². The molecule has 0 bridgehead atoms. The molecule has 0 rings (SSSR count). The van der Waals surface area contributed by atoms with E-state index in [2.05, 4.69) is 0 Å². The van der Waals surface area contributed by atoms with Crippen molar-refractivity contribution in [1.29, 1.82) is 0 Å². The van der Waals surface area contributed by atoms with Crippen LogP contribution in [0, 0.1) is 6.61 Å². The topological polar surface area (TPSA) is 60.4 Å². The van der Waals surface area contributed by atoms with Crippen molar-refractivity contribution in [3.05, 3.63) is 6.61 Å². The van der Waals surface area contributed by atoms with Crippen LogP contribution in [0.15, 0.2) is 0 Å². The lowest BCUT2D eigenvalue weighted by atomic mass is 10.3. The van der Waals surface area contributed by atoms with Crippen molar-refractivity contribution in [3.63, 3.8) is 0 Å². The van der Waals surface area contributed by atoms with E-state index in [0.29, 0.717) is 0 Å². The summed E-state index contributed by atoms with van der Waals surface area (Å²) in [5.74, 6) is 0. The predicted molar refractivity (Wildman–Crippen MR) is 22.2 cm³/mol. The highest BCUT2D eigenvalue weighted by Crippen LogP contribution is 1.93. The first-order chi connectivity index (χ1) is 3.27. The molecule has 0 saturated heterocycles. The normalized spacial score (nSPS) is 10.3. The van der Waals surface area contributed by atoms with E-state index in [-0.39, 0.29) is 12.8 Å². The number of hydrogen-bond donors (Lipinski definition) is 2. The van der Waals surface area contributed by atoms with E-state index in [1.165, 1.54) is 0 Å². The minimum Gasteiger partial charge on any atom is -0.390 e. The molecule has 0 fully saturated rings. The molecule has 7 heavy (non-hydrogen) atoms. The van der Waals surface area contributed by atoms with Gasteiger partial charge in [-0.05, 0) is 6.42 Å². The van der Waals surface area contributed by atoms with Crippen LogP contribution in [0.3, 0.4) is 0 Å². The van der Waals surface area contributed by atoms with Crippen LogP contribution < -0.4 is 0 Å². The van der Waals surface area contributed by atoms with Crippen molar-refractivity contribution in [2.45, 2.75) is 19.1 Å². The predicted octanol–water partition coefficient (Wildman–Crippen LogP) is 0.0498. The monoisotopic (exact) mass is 104 g/mol. The van der Waals surface area contributed by atoms with Crippen molar-refractivity contribution >= 4 is 0 Å². The third-order valence-electron chi connectivity index (χ3n) is 0.543. The summed E-state index contributed by atoms with van der Waals surface area (Å²) in [5, 5.41) is 25.6. The van der Waals surface area contributed by atoms with Crippen LogP contribution >= 0.6 is 0 Å². The zero-order valence-electron chi connectivity index (χ0n) is 3.87. The Morgan fingerprint density at radius 3 is 2.43 bits per heavy atom. The summed E-state index contributed by atoms with van der Waals surface area (Å²) in [6.45, 7) is 0.862.